The van der Waals surface area contributed by atoms with Gasteiger partial charge < -0.3 is 4.74 Å². The summed E-state index contributed by atoms with van der Waals surface area (Å²) in [6.45, 7) is 0. The van der Waals surface area contributed by atoms with Crippen LogP contribution in [0.2, 0.25) is 0 Å². The first-order valence-electron chi connectivity index (χ1n) is 5.00. The number of hydrogen-bond acceptors (Lipinski definition) is 3. The van der Waals surface area contributed by atoms with Crippen molar-refractivity contribution in [1.29, 1.82) is 0 Å². The van der Waals surface area contributed by atoms with Crippen LogP contribution < -0.4 is 0 Å². The maximum absolute atomic E-state index is 11.7. The first-order chi connectivity index (χ1) is 8.13. The van der Waals surface area contributed by atoms with Crippen LogP contribution in [0, 0.1) is 0 Å². The Balaban J connectivity index is 3.09. The molecule has 5 heteroatoms. The fourth-order valence-corrected chi connectivity index (χ4v) is 1.83. The first-order valence-corrected chi connectivity index (χ1v) is 6.07. The highest BCUT2D eigenvalue weighted by Gasteiger charge is 2.13. The van der Waals surface area contributed by atoms with Crippen LogP contribution >= 0.6 is 23.2 Å². The zero-order valence-corrected chi connectivity index (χ0v) is 10.8. The second-order valence-corrected chi connectivity index (χ2v) is 4.00. The van der Waals surface area contributed by atoms with Gasteiger partial charge in [0.05, 0.1) is 12.7 Å². The monoisotopic (exact) mass is 274 g/mol. The lowest BCUT2D eigenvalue weighted by Gasteiger charge is -2.07. The summed E-state index contributed by atoms with van der Waals surface area (Å²) in [6, 6.07) is 4.70. The highest BCUT2D eigenvalue weighted by molar-refractivity contribution is 6.20. The molecule has 92 valence electrons. The number of ether oxygens (including phenoxy) is 1. The van der Waals surface area contributed by atoms with E-state index in [9.17, 15) is 9.59 Å². The molecule has 0 N–H and O–H groups in total. The van der Waals surface area contributed by atoms with Crippen LogP contribution in [0.3, 0.4) is 0 Å². The number of halogens is 2. The van der Waals surface area contributed by atoms with Gasteiger partial charge in [0.2, 0.25) is 0 Å². The van der Waals surface area contributed by atoms with Crippen molar-refractivity contribution in [3.05, 3.63) is 34.9 Å². The Morgan fingerprint density at radius 3 is 2.53 bits per heavy atom. The fraction of sp³-hybridized carbons (Fsp3) is 0.333. The number of methoxy groups -OCH3 is 1. The maximum Gasteiger partial charge on any atom is 0.337 e. The summed E-state index contributed by atoms with van der Waals surface area (Å²) in [4.78, 5) is 23.0. The Morgan fingerprint density at radius 2 is 2.00 bits per heavy atom. The third-order valence-corrected chi connectivity index (χ3v) is 2.77. The van der Waals surface area contributed by atoms with Crippen molar-refractivity contribution in [2.24, 2.45) is 0 Å². The Kier molecular flexibility index (Phi) is 5.45. The molecule has 0 spiro atoms. The molecule has 0 heterocycles. The molecule has 17 heavy (non-hydrogen) atoms. The van der Waals surface area contributed by atoms with Crippen LogP contribution in [0.4, 0.5) is 0 Å². The van der Waals surface area contributed by atoms with E-state index in [1.165, 1.54) is 7.11 Å². The number of benzene rings is 1. The maximum atomic E-state index is 11.7. The van der Waals surface area contributed by atoms with Gasteiger partial charge in [-0.1, -0.05) is 6.07 Å². The molecule has 1 aromatic carbocycles. The van der Waals surface area contributed by atoms with Gasteiger partial charge in [-0.25, -0.2) is 4.79 Å². The molecule has 0 atom stereocenters. The second kappa shape index (κ2) is 6.62. The predicted octanol–water partition coefficient (Wildman–Crippen LogP) is 3.02. The molecule has 0 radical (unpaired) electrons. The van der Waals surface area contributed by atoms with Crippen LogP contribution in [0.5, 0.6) is 0 Å². The molecular weight excluding hydrogens is 263 g/mol. The van der Waals surface area contributed by atoms with E-state index < -0.39 is 5.97 Å². The van der Waals surface area contributed by atoms with E-state index in [1.54, 1.807) is 18.2 Å². The summed E-state index contributed by atoms with van der Waals surface area (Å²) in [7, 11) is 1.30. The molecule has 0 saturated carbocycles. The molecule has 0 unspecified atom stereocenters. The SMILES string of the molecule is COC(=O)c1ccc(C(=O)CCCl)c(CCl)c1. The van der Waals surface area contributed by atoms with Crippen LogP contribution in [0.25, 0.3) is 0 Å². The number of rotatable bonds is 5. The van der Waals surface area contributed by atoms with Gasteiger partial charge in [0.1, 0.15) is 0 Å². The molecule has 0 aliphatic heterocycles. The molecule has 0 saturated heterocycles. The molecule has 0 fully saturated rings. The molecule has 3 nitrogen and oxygen atoms in total. The van der Waals surface area contributed by atoms with Crippen molar-refractivity contribution in [2.45, 2.75) is 12.3 Å². The van der Waals surface area contributed by atoms with Gasteiger partial charge in [0.15, 0.2) is 5.78 Å². The van der Waals surface area contributed by atoms with E-state index in [0.29, 0.717) is 16.7 Å². The van der Waals surface area contributed by atoms with Gasteiger partial charge in [-0.05, 0) is 17.7 Å². The summed E-state index contributed by atoms with van der Waals surface area (Å²) in [5, 5.41) is 0. The smallest absolute Gasteiger partial charge is 0.337 e. The first kappa shape index (κ1) is 14.0. The number of carbonyl (C=O) groups excluding carboxylic acids is 2. The molecule has 0 bridgehead atoms. The summed E-state index contributed by atoms with van der Waals surface area (Å²) >= 11 is 11.3. The Hall–Kier alpha value is -1.06. The second-order valence-electron chi connectivity index (χ2n) is 3.36. The zero-order chi connectivity index (χ0) is 12.8. The number of ketones is 1. The van der Waals surface area contributed by atoms with Gasteiger partial charge in [-0.2, -0.15) is 0 Å². The number of esters is 1. The van der Waals surface area contributed by atoms with Crippen molar-refractivity contribution >= 4 is 35.0 Å². The average molecular weight is 275 g/mol. The standard InChI is InChI=1S/C12H12Cl2O3/c1-17-12(16)8-2-3-10(9(6-8)7-14)11(15)4-5-13/h2-3,6H,4-5,7H2,1H3. The van der Waals surface area contributed by atoms with Gasteiger partial charge >= 0.3 is 5.97 Å². The number of hydrogen-bond donors (Lipinski definition) is 0. The van der Waals surface area contributed by atoms with Crippen molar-refractivity contribution in [1.82, 2.24) is 0 Å². The lowest BCUT2D eigenvalue weighted by molar-refractivity contribution is 0.0600. The Morgan fingerprint density at radius 1 is 1.29 bits per heavy atom. The van der Waals surface area contributed by atoms with Crippen LogP contribution in [0.1, 0.15) is 32.7 Å². The highest BCUT2D eigenvalue weighted by Crippen LogP contribution is 2.17. The highest BCUT2D eigenvalue weighted by atomic mass is 35.5. The van der Waals surface area contributed by atoms with Gasteiger partial charge in [-0.15, -0.1) is 23.2 Å². The molecule has 0 amide bonds. The summed E-state index contributed by atoms with van der Waals surface area (Å²) < 4.78 is 4.60. The zero-order valence-electron chi connectivity index (χ0n) is 9.33. The predicted molar refractivity (Wildman–Crippen MR) is 67.0 cm³/mol. The number of alkyl halides is 2. The van der Waals surface area contributed by atoms with Crippen LogP contribution in [-0.4, -0.2) is 24.7 Å². The lowest BCUT2D eigenvalue weighted by Crippen LogP contribution is -2.07. The Labute approximate surface area is 110 Å². The molecule has 0 aromatic heterocycles. The quantitative estimate of drug-likeness (QED) is 0.471. The van der Waals surface area contributed by atoms with Crippen molar-refractivity contribution in [3.8, 4) is 0 Å². The van der Waals surface area contributed by atoms with E-state index in [-0.39, 0.29) is 24.0 Å². The van der Waals surface area contributed by atoms with Crippen LogP contribution in [-0.2, 0) is 10.6 Å². The van der Waals surface area contributed by atoms with E-state index in [1.807, 2.05) is 0 Å². The summed E-state index contributed by atoms with van der Waals surface area (Å²) in [5.74, 6) is -0.104. The summed E-state index contributed by atoms with van der Waals surface area (Å²) in [6.07, 6.45) is 0.253. The average Bonchev–Trinajstić information content (AvgIpc) is 2.37. The minimum Gasteiger partial charge on any atom is -0.465 e. The van der Waals surface area contributed by atoms with Gasteiger partial charge in [0, 0.05) is 23.7 Å². The Bertz CT molecular complexity index is 430. The number of carbonyl (C=O) groups is 2. The van der Waals surface area contributed by atoms with Gasteiger partial charge in [-0.3, -0.25) is 4.79 Å². The third-order valence-electron chi connectivity index (χ3n) is 2.29. The molecule has 0 aliphatic carbocycles. The van der Waals surface area contributed by atoms with Gasteiger partial charge in [0.25, 0.3) is 0 Å². The largest absolute Gasteiger partial charge is 0.465 e. The third kappa shape index (κ3) is 3.45. The van der Waals surface area contributed by atoms with E-state index in [0.717, 1.165) is 0 Å². The molecule has 1 rings (SSSR count). The molecule has 1 aromatic rings. The minimum atomic E-state index is -0.451. The van der Waals surface area contributed by atoms with Crippen molar-refractivity contribution < 1.29 is 14.3 Å². The number of Topliss-reactive ketones (excluding diaryl/α,β-unsaturated/α-hetero) is 1. The summed E-state index contributed by atoms with van der Waals surface area (Å²) in [5.41, 5.74) is 1.50. The normalized spacial score (nSPS) is 10.1. The molecule has 0 aliphatic rings. The minimum absolute atomic E-state index is 0.0768. The van der Waals surface area contributed by atoms with Crippen LogP contribution in [0.15, 0.2) is 18.2 Å². The molecular formula is C12H12Cl2O3. The van der Waals surface area contributed by atoms with Crippen molar-refractivity contribution in [2.75, 3.05) is 13.0 Å². The van der Waals surface area contributed by atoms with Crippen molar-refractivity contribution in [3.63, 3.8) is 0 Å². The lowest BCUT2D eigenvalue weighted by atomic mass is 10.0. The van der Waals surface area contributed by atoms with E-state index in [4.69, 9.17) is 23.2 Å². The fourth-order valence-electron chi connectivity index (χ4n) is 1.44. The topological polar surface area (TPSA) is 43.4 Å². The van der Waals surface area contributed by atoms with E-state index >= 15 is 0 Å². The van der Waals surface area contributed by atoms with E-state index in [2.05, 4.69) is 4.74 Å².